The van der Waals surface area contributed by atoms with Crippen molar-refractivity contribution in [1.29, 1.82) is 0 Å². The lowest BCUT2D eigenvalue weighted by Gasteiger charge is -2.22. The van der Waals surface area contributed by atoms with Gasteiger partial charge < -0.3 is 10.6 Å². The van der Waals surface area contributed by atoms with Crippen molar-refractivity contribution in [3.63, 3.8) is 0 Å². The fourth-order valence-corrected chi connectivity index (χ4v) is 1.45. The normalized spacial score (nSPS) is 11.4. The molecule has 0 unspecified atom stereocenters. The molecule has 0 bridgehead atoms. The van der Waals surface area contributed by atoms with E-state index in [4.69, 9.17) is 5.73 Å². The summed E-state index contributed by atoms with van der Waals surface area (Å²) in [6.07, 6.45) is -3.05. The van der Waals surface area contributed by atoms with Crippen LogP contribution in [0.3, 0.4) is 0 Å². The topological polar surface area (TPSA) is 59.2 Å². The van der Waals surface area contributed by atoms with Crippen LogP contribution in [0.2, 0.25) is 0 Å². The van der Waals surface area contributed by atoms with E-state index in [2.05, 4.69) is 4.98 Å². The van der Waals surface area contributed by atoms with Gasteiger partial charge in [0, 0.05) is 24.8 Å². The minimum Gasteiger partial charge on any atom is -0.330 e. The minimum absolute atomic E-state index is 0.0153. The van der Waals surface area contributed by atoms with E-state index in [-0.39, 0.29) is 18.7 Å². The van der Waals surface area contributed by atoms with Gasteiger partial charge >= 0.3 is 6.18 Å². The molecule has 0 aliphatic heterocycles. The summed E-state index contributed by atoms with van der Waals surface area (Å²) >= 11 is 0. The number of rotatable bonds is 4. The monoisotopic (exact) mass is 261 g/mol. The summed E-state index contributed by atoms with van der Waals surface area (Å²) in [6, 6.07) is 2.78. The number of alkyl halides is 3. The molecular weight excluding hydrogens is 247 g/mol. The lowest BCUT2D eigenvalue weighted by molar-refractivity contribution is -0.140. The third-order valence-electron chi connectivity index (χ3n) is 2.31. The van der Waals surface area contributed by atoms with Crippen molar-refractivity contribution in [1.82, 2.24) is 9.88 Å². The van der Waals surface area contributed by atoms with Gasteiger partial charge in [-0.05, 0) is 19.1 Å². The highest BCUT2D eigenvalue weighted by atomic mass is 19.4. The highest BCUT2D eigenvalue weighted by Gasteiger charge is 2.32. The van der Waals surface area contributed by atoms with Gasteiger partial charge in [-0.25, -0.2) is 0 Å². The molecule has 1 aromatic heterocycles. The number of carbonyl (C=O) groups excluding carboxylic acids is 1. The molecule has 0 spiro atoms. The van der Waals surface area contributed by atoms with Gasteiger partial charge in [0.2, 0.25) is 0 Å². The summed E-state index contributed by atoms with van der Waals surface area (Å²) in [5.74, 6) is -0.674. The second-order valence-electron chi connectivity index (χ2n) is 3.67. The molecule has 2 N–H and O–H groups in total. The van der Waals surface area contributed by atoms with Gasteiger partial charge in [-0.15, -0.1) is 0 Å². The van der Waals surface area contributed by atoms with Crippen LogP contribution in [-0.4, -0.2) is 35.1 Å². The standard InChI is InChI=1S/C11H14F3N3O/c1-2-17(7-11(12,13)14)10(18)8-3-4-16-9(5-8)6-15/h3-5H,2,6-7,15H2,1H3. The van der Waals surface area contributed by atoms with Crippen LogP contribution in [0.1, 0.15) is 23.0 Å². The summed E-state index contributed by atoms with van der Waals surface area (Å²) in [7, 11) is 0. The molecule has 1 rings (SSSR count). The Morgan fingerprint density at radius 3 is 2.67 bits per heavy atom. The van der Waals surface area contributed by atoms with Gasteiger partial charge in [0.15, 0.2) is 0 Å². The van der Waals surface area contributed by atoms with E-state index in [9.17, 15) is 18.0 Å². The highest BCUT2D eigenvalue weighted by molar-refractivity contribution is 5.94. The Kier molecular flexibility index (Phi) is 4.66. The summed E-state index contributed by atoms with van der Waals surface area (Å²) < 4.78 is 36.9. The summed E-state index contributed by atoms with van der Waals surface area (Å²) in [5, 5.41) is 0. The number of aromatic nitrogens is 1. The van der Waals surface area contributed by atoms with Crippen LogP contribution >= 0.6 is 0 Å². The molecule has 0 aliphatic rings. The molecule has 4 nitrogen and oxygen atoms in total. The summed E-state index contributed by atoms with van der Waals surface area (Å²) in [4.78, 5) is 16.5. The van der Waals surface area contributed by atoms with Crippen molar-refractivity contribution in [2.24, 2.45) is 5.73 Å². The van der Waals surface area contributed by atoms with Crippen LogP contribution in [0, 0.1) is 0 Å². The number of nitrogens with two attached hydrogens (primary N) is 1. The zero-order valence-electron chi connectivity index (χ0n) is 9.87. The van der Waals surface area contributed by atoms with E-state index in [1.54, 1.807) is 0 Å². The maximum atomic E-state index is 12.3. The van der Waals surface area contributed by atoms with E-state index in [1.165, 1.54) is 25.3 Å². The number of nitrogens with zero attached hydrogens (tertiary/aromatic N) is 2. The van der Waals surface area contributed by atoms with Gasteiger partial charge in [0.05, 0.1) is 5.69 Å². The van der Waals surface area contributed by atoms with Crippen molar-refractivity contribution >= 4 is 5.91 Å². The molecular formula is C11H14F3N3O. The second kappa shape index (κ2) is 5.81. The van der Waals surface area contributed by atoms with Crippen molar-refractivity contribution in [3.05, 3.63) is 29.6 Å². The average Bonchev–Trinajstić information content (AvgIpc) is 2.34. The molecule has 0 radical (unpaired) electrons. The molecule has 0 saturated heterocycles. The van der Waals surface area contributed by atoms with Crippen LogP contribution in [0.15, 0.2) is 18.3 Å². The number of pyridine rings is 1. The van der Waals surface area contributed by atoms with Gasteiger partial charge in [-0.1, -0.05) is 0 Å². The molecule has 0 aromatic carbocycles. The van der Waals surface area contributed by atoms with Crippen LogP contribution in [0.4, 0.5) is 13.2 Å². The van der Waals surface area contributed by atoms with E-state index in [0.29, 0.717) is 5.69 Å². The zero-order chi connectivity index (χ0) is 13.8. The van der Waals surface area contributed by atoms with Crippen LogP contribution in [-0.2, 0) is 6.54 Å². The molecule has 0 atom stereocenters. The van der Waals surface area contributed by atoms with Crippen molar-refractivity contribution < 1.29 is 18.0 Å². The third-order valence-corrected chi connectivity index (χ3v) is 2.31. The molecule has 7 heteroatoms. The van der Waals surface area contributed by atoms with Crippen LogP contribution < -0.4 is 5.73 Å². The summed E-state index contributed by atoms with van der Waals surface area (Å²) in [6.45, 7) is 0.350. The molecule has 100 valence electrons. The zero-order valence-corrected chi connectivity index (χ0v) is 9.87. The SMILES string of the molecule is CCN(CC(F)(F)F)C(=O)c1ccnc(CN)c1. The predicted molar refractivity (Wildman–Crippen MR) is 59.8 cm³/mol. The van der Waals surface area contributed by atoms with E-state index in [1.807, 2.05) is 0 Å². The number of hydrogen-bond acceptors (Lipinski definition) is 3. The maximum absolute atomic E-state index is 12.3. The Balaban J connectivity index is 2.89. The summed E-state index contributed by atoms with van der Waals surface area (Å²) in [5.41, 5.74) is 5.99. The fraction of sp³-hybridized carbons (Fsp3) is 0.455. The minimum atomic E-state index is -4.41. The second-order valence-corrected chi connectivity index (χ2v) is 3.67. The molecule has 1 amide bonds. The molecule has 0 saturated carbocycles. The van der Waals surface area contributed by atoms with E-state index < -0.39 is 18.6 Å². The first-order valence-electron chi connectivity index (χ1n) is 5.38. The average molecular weight is 261 g/mol. The van der Waals surface area contributed by atoms with Crippen molar-refractivity contribution in [2.75, 3.05) is 13.1 Å². The molecule has 1 aromatic rings. The van der Waals surface area contributed by atoms with Gasteiger partial charge in [0.1, 0.15) is 6.54 Å². The Morgan fingerprint density at radius 2 is 2.17 bits per heavy atom. The van der Waals surface area contributed by atoms with Crippen LogP contribution in [0.25, 0.3) is 0 Å². The van der Waals surface area contributed by atoms with Gasteiger partial charge in [-0.3, -0.25) is 9.78 Å². The Bertz CT molecular complexity index is 420. The lowest BCUT2D eigenvalue weighted by atomic mass is 10.2. The first kappa shape index (κ1) is 14.4. The number of hydrogen-bond donors (Lipinski definition) is 1. The van der Waals surface area contributed by atoms with Crippen molar-refractivity contribution in [3.8, 4) is 0 Å². The highest BCUT2D eigenvalue weighted by Crippen LogP contribution is 2.18. The molecule has 0 fully saturated rings. The Morgan fingerprint density at radius 1 is 1.50 bits per heavy atom. The Labute approximate surface area is 103 Å². The number of carbonyl (C=O) groups is 1. The first-order chi connectivity index (χ1) is 8.37. The van der Waals surface area contributed by atoms with Gasteiger partial charge in [0.25, 0.3) is 5.91 Å². The quantitative estimate of drug-likeness (QED) is 0.894. The lowest BCUT2D eigenvalue weighted by Crippen LogP contribution is -2.38. The van der Waals surface area contributed by atoms with E-state index in [0.717, 1.165) is 4.90 Å². The molecule has 0 aliphatic carbocycles. The predicted octanol–water partition coefficient (Wildman–Crippen LogP) is 1.56. The van der Waals surface area contributed by atoms with Crippen molar-refractivity contribution in [2.45, 2.75) is 19.6 Å². The maximum Gasteiger partial charge on any atom is 0.406 e. The van der Waals surface area contributed by atoms with Gasteiger partial charge in [-0.2, -0.15) is 13.2 Å². The third kappa shape index (κ3) is 3.99. The molecule has 1 heterocycles. The largest absolute Gasteiger partial charge is 0.406 e. The number of halogens is 3. The first-order valence-corrected chi connectivity index (χ1v) is 5.38. The van der Waals surface area contributed by atoms with Crippen LogP contribution in [0.5, 0.6) is 0 Å². The Hall–Kier alpha value is -1.63. The molecule has 18 heavy (non-hydrogen) atoms. The number of amides is 1. The van der Waals surface area contributed by atoms with E-state index >= 15 is 0 Å². The smallest absolute Gasteiger partial charge is 0.330 e. The fourth-order valence-electron chi connectivity index (χ4n) is 1.45.